The number of carbonyl (C=O) groups excluding carboxylic acids is 2. The molecule has 1 atom stereocenters. The van der Waals surface area contributed by atoms with Gasteiger partial charge in [-0.25, -0.2) is 8.42 Å². The molecule has 3 aromatic carbocycles. The number of halogens is 4. The van der Waals surface area contributed by atoms with Crippen molar-refractivity contribution in [1.29, 1.82) is 0 Å². The van der Waals surface area contributed by atoms with E-state index in [0.717, 1.165) is 44.2 Å². The Kier molecular flexibility index (Phi) is 11.0. The van der Waals surface area contributed by atoms with Crippen LogP contribution in [0.15, 0.2) is 83.8 Å². The van der Waals surface area contributed by atoms with Crippen molar-refractivity contribution in [2.24, 2.45) is 0 Å². The Bertz CT molecular complexity index is 1530. The van der Waals surface area contributed by atoms with E-state index in [1.54, 1.807) is 43.3 Å². The van der Waals surface area contributed by atoms with Gasteiger partial charge >= 0.3 is 6.18 Å². The Morgan fingerprint density at radius 1 is 0.955 bits per heavy atom. The van der Waals surface area contributed by atoms with Gasteiger partial charge in [0.25, 0.3) is 10.0 Å². The lowest BCUT2D eigenvalue weighted by Gasteiger charge is -2.34. The Balaban J connectivity index is 1.75. The second-order valence-corrected chi connectivity index (χ2v) is 13.0. The van der Waals surface area contributed by atoms with E-state index in [1.165, 1.54) is 29.2 Å². The molecule has 1 saturated carbocycles. The molecule has 1 N–H and O–H groups in total. The monoisotopic (exact) mass is 649 g/mol. The number of sulfonamides is 1. The molecular weight excluding hydrogens is 615 g/mol. The average Bonchev–Trinajstić information content (AvgIpc) is 3.01. The van der Waals surface area contributed by atoms with Crippen molar-refractivity contribution in [3.05, 3.63) is 95.0 Å². The van der Waals surface area contributed by atoms with Crippen molar-refractivity contribution in [2.75, 3.05) is 10.8 Å². The highest BCUT2D eigenvalue weighted by Gasteiger charge is 2.37. The normalized spacial score (nSPS) is 14.9. The number of nitrogens with zero attached hydrogens (tertiary/aromatic N) is 2. The minimum absolute atomic E-state index is 0.0100. The van der Waals surface area contributed by atoms with E-state index >= 15 is 0 Å². The minimum atomic E-state index is -4.87. The molecule has 12 heteroatoms. The van der Waals surface area contributed by atoms with Gasteiger partial charge in [-0.1, -0.05) is 86.3 Å². The van der Waals surface area contributed by atoms with Crippen molar-refractivity contribution >= 4 is 39.1 Å². The first-order chi connectivity index (χ1) is 20.9. The van der Waals surface area contributed by atoms with Crippen LogP contribution >= 0.6 is 11.6 Å². The number of hydrogen-bond acceptors (Lipinski definition) is 4. The molecule has 0 unspecified atom stereocenters. The maximum atomic E-state index is 14.1. The summed E-state index contributed by atoms with van der Waals surface area (Å²) >= 11 is 5.83. The smallest absolute Gasteiger partial charge is 0.352 e. The van der Waals surface area contributed by atoms with Crippen LogP contribution in [-0.2, 0) is 32.3 Å². The molecule has 0 spiro atoms. The van der Waals surface area contributed by atoms with E-state index in [2.05, 4.69) is 5.32 Å². The number of alkyl halides is 3. The van der Waals surface area contributed by atoms with Crippen LogP contribution in [0.2, 0.25) is 5.02 Å². The molecule has 0 aromatic heterocycles. The SMILES string of the molecule is CC[C@@H](C(=O)NC1CCCCC1)N(Cc1ccccc1)C(=O)CN(c1ccc(Cl)c(C(F)(F)F)c1)S(=O)(=O)c1ccccc1. The van der Waals surface area contributed by atoms with Crippen molar-refractivity contribution in [3.8, 4) is 0 Å². The van der Waals surface area contributed by atoms with Crippen LogP contribution in [0.1, 0.15) is 56.6 Å². The second-order valence-electron chi connectivity index (χ2n) is 10.8. The predicted molar refractivity (Wildman–Crippen MR) is 164 cm³/mol. The van der Waals surface area contributed by atoms with Crippen LogP contribution in [0, 0.1) is 0 Å². The van der Waals surface area contributed by atoms with Crippen molar-refractivity contribution in [3.63, 3.8) is 0 Å². The largest absolute Gasteiger partial charge is 0.417 e. The van der Waals surface area contributed by atoms with Gasteiger partial charge in [0.05, 0.1) is 21.2 Å². The molecular formula is C32H35ClF3N3O4S. The zero-order valence-corrected chi connectivity index (χ0v) is 25.8. The summed E-state index contributed by atoms with van der Waals surface area (Å²) in [6.07, 6.45) is 0.0922. The number of amides is 2. The quantitative estimate of drug-likeness (QED) is 0.247. The van der Waals surface area contributed by atoms with E-state index in [0.29, 0.717) is 15.9 Å². The standard InChI is InChI=1S/C32H35ClF3N3O4S/c1-2-29(31(41)37-24-14-8-4-9-15-24)38(21-23-12-6-3-7-13-23)30(40)22-39(44(42,43)26-16-10-5-11-17-26)25-18-19-28(33)27(20-25)32(34,35)36/h3,5-7,10-13,16-20,24,29H,2,4,8-9,14-15,21-22H2,1H3,(H,37,41)/t29-/m0/s1. The molecule has 1 fully saturated rings. The topological polar surface area (TPSA) is 86.8 Å². The van der Waals surface area contributed by atoms with Crippen molar-refractivity contribution in [2.45, 2.75) is 75.1 Å². The maximum absolute atomic E-state index is 14.1. The lowest BCUT2D eigenvalue weighted by atomic mass is 9.95. The summed E-state index contributed by atoms with van der Waals surface area (Å²) < 4.78 is 69.8. The summed E-state index contributed by atoms with van der Waals surface area (Å²) in [4.78, 5) is 28.8. The number of hydrogen-bond donors (Lipinski definition) is 1. The number of carbonyl (C=O) groups is 2. The Hall–Kier alpha value is -3.57. The second kappa shape index (κ2) is 14.5. The van der Waals surface area contributed by atoms with Gasteiger partial charge in [-0.3, -0.25) is 13.9 Å². The molecule has 0 heterocycles. The van der Waals surface area contributed by atoms with Gasteiger partial charge in [-0.15, -0.1) is 0 Å². The van der Waals surface area contributed by atoms with Crippen LogP contribution in [0.3, 0.4) is 0 Å². The zero-order valence-electron chi connectivity index (χ0n) is 24.3. The van der Waals surface area contributed by atoms with Gasteiger partial charge in [0.2, 0.25) is 11.8 Å². The van der Waals surface area contributed by atoms with Crippen LogP contribution in [0.5, 0.6) is 0 Å². The number of benzene rings is 3. The third-order valence-corrected chi connectivity index (χ3v) is 9.80. The van der Waals surface area contributed by atoms with Gasteiger partial charge in [0.1, 0.15) is 12.6 Å². The summed E-state index contributed by atoms with van der Waals surface area (Å²) in [5.74, 6) is -1.10. The first-order valence-corrected chi connectivity index (χ1v) is 16.3. The molecule has 7 nitrogen and oxygen atoms in total. The maximum Gasteiger partial charge on any atom is 0.417 e. The highest BCUT2D eigenvalue weighted by molar-refractivity contribution is 7.92. The van der Waals surface area contributed by atoms with Crippen molar-refractivity contribution in [1.82, 2.24) is 10.2 Å². The van der Waals surface area contributed by atoms with Gasteiger partial charge in [-0.2, -0.15) is 13.2 Å². The predicted octanol–water partition coefficient (Wildman–Crippen LogP) is 6.81. The third-order valence-electron chi connectivity index (χ3n) is 7.69. The molecule has 1 aliphatic carbocycles. The highest BCUT2D eigenvalue weighted by Crippen LogP contribution is 2.38. The molecule has 0 saturated heterocycles. The number of nitrogens with one attached hydrogen (secondary N) is 1. The van der Waals surface area contributed by atoms with Gasteiger partial charge < -0.3 is 10.2 Å². The van der Waals surface area contributed by atoms with Gasteiger partial charge in [-0.05, 0) is 55.2 Å². The van der Waals surface area contributed by atoms with E-state index in [9.17, 15) is 31.2 Å². The van der Waals surface area contributed by atoms with E-state index in [-0.39, 0.29) is 29.8 Å². The fraction of sp³-hybridized carbons (Fsp3) is 0.375. The zero-order chi connectivity index (χ0) is 31.9. The Morgan fingerprint density at radius 2 is 1.57 bits per heavy atom. The lowest BCUT2D eigenvalue weighted by molar-refractivity contribution is -0.140. The fourth-order valence-corrected chi connectivity index (χ4v) is 7.03. The Labute approximate surface area is 261 Å². The Morgan fingerprint density at radius 3 is 2.16 bits per heavy atom. The lowest BCUT2D eigenvalue weighted by Crippen LogP contribution is -2.54. The van der Waals surface area contributed by atoms with E-state index in [4.69, 9.17) is 11.6 Å². The molecule has 0 bridgehead atoms. The van der Waals surface area contributed by atoms with Crippen LogP contribution in [0.25, 0.3) is 0 Å². The molecule has 236 valence electrons. The highest BCUT2D eigenvalue weighted by atomic mass is 35.5. The molecule has 0 radical (unpaired) electrons. The molecule has 1 aliphatic rings. The molecule has 3 aromatic rings. The summed E-state index contributed by atoms with van der Waals surface area (Å²) in [5, 5.41) is 2.45. The molecule has 44 heavy (non-hydrogen) atoms. The summed E-state index contributed by atoms with van der Waals surface area (Å²) in [5.41, 5.74) is -0.928. The number of rotatable bonds is 11. The van der Waals surface area contributed by atoms with Crippen LogP contribution in [0.4, 0.5) is 18.9 Å². The molecule has 2 amide bonds. The molecule has 4 rings (SSSR count). The van der Waals surface area contributed by atoms with Gasteiger partial charge in [0, 0.05) is 12.6 Å². The number of anilines is 1. The van der Waals surface area contributed by atoms with E-state index in [1.807, 2.05) is 0 Å². The summed E-state index contributed by atoms with van der Waals surface area (Å²) in [7, 11) is -4.53. The van der Waals surface area contributed by atoms with E-state index < -0.39 is 51.0 Å². The van der Waals surface area contributed by atoms with Crippen molar-refractivity contribution < 1.29 is 31.2 Å². The minimum Gasteiger partial charge on any atom is -0.352 e. The fourth-order valence-electron chi connectivity index (χ4n) is 5.38. The summed E-state index contributed by atoms with van der Waals surface area (Å²) in [6.45, 7) is 0.893. The first kappa shape index (κ1) is 33.3. The van der Waals surface area contributed by atoms with Crippen LogP contribution in [-0.4, -0.2) is 43.8 Å². The average molecular weight is 650 g/mol. The van der Waals surface area contributed by atoms with Crippen LogP contribution < -0.4 is 9.62 Å². The first-order valence-electron chi connectivity index (χ1n) is 14.5. The molecule has 0 aliphatic heterocycles. The summed E-state index contributed by atoms with van der Waals surface area (Å²) in [6, 6.07) is 17.8. The third kappa shape index (κ3) is 8.12. The van der Waals surface area contributed by atoms with Gasteiger partial charge in [0.15, 0.2) is 0 Å².